The summed E-state index contributed by atoms with van der Waals surface area (Å²) >= 11 is 0. The van der Waals surface area contributed by atoms with Gasteiger partial charge in [0.25, 0.3) is 0 Å². The standard InChI is InChI=1S/C44H73NO7/c1-6-8-10-12-14-16-17-18-19-20-21-22-23-24-25-27-28-30-32-34-42(46)51-39-40(38-50-37-36-41(44(48)49)45(3,4)5)52-43(47)35-33-31-29-26-15-13-11-9-7-2/h8-11,14-16,18-19,21-22,26,40-41H,6-7,12-13,17,20,23-25,27-39H2,1-5H3/b10-8+,11-9+,16-14+,19-18+,22-21+,26-15+. The van der Waals surface area contributed by atoms with E-state index in [9.17, 15) is 19.5 Å². The molecule has 8 heteroatoms. The number of nitrogens with zero attached hydrogens (tertiary/aromatic N) is 1. The Balaban J connectivity index is 4.37. The van der Waals surface area contributed by atoms with Crippen LogP contribution in [0.25, 0.3) is 0 Å². The molecule has 0 aromatic rings. The zero-order chi connectivity index (χ0) is 38.5. The lowest BCUT2D eigenvalue weighted by molar-refractivity contribution is -0.889. The highest BCUT2D eigenvalue weighted by atomic mass is 16.6. The molecule has 0 fully saturated rings. The molecule has 0 aromatic carbocycles. The molecule has 52 heavy (non-hydrogen) atoms. The maximum atomic E-state index is 12.6. The summed E-state index contributed by atoms with van der Waals surface area (Å²) in [5.41, 5.74) is 0. The summed E-state index contributed by atoms with van der Waals surface area (Å²) in [5, 5.41) is 11.6. The second kappa shape index (κ2) is 34.8. The van der Waals surface area contributed by atoms with Crippen LogP contribution in [-0.4, -0.2) is 75.5 Å². The van der Waals surface area contributed by atoms with Crippen molar-refractivity contribution in [2.24, 2.45) is 0 Å². The highest BCUT2D eigenvalue weighted by Gasteiger charge is 2.25. The summed E-state index contributed by atoms with van der Waals surface area (Å²) in [4.78, 5) is 36.6. The summed E-state index contributed by atoms with van der Waals surface area (Å²) in [6.45, 7) is 4.34. The van der Waals surface area contributed by atoms with Crippen LogP contribution in [0.2, 0.25) is 0 Å². The third kappa shape index (κ3) is 32.7. The van der Waals surface area contributed by atoms with E-state index in [1.807, 2.05) is 0 Å². The van der Waals surface area contributed by atoms with E-state index < -0.39 is 18.1 Å². The number of ether oxygens (including phenoxy) is 3. The van der Waals surface area contributed by atoms with Crippen LogP contribution in [0.15, 0.2) is 72.9 Å². The summed E-state index contributed by atoms with van der Waals surface area (Å²) in [7, 11) is 5.37. The molecular formula is C44H73NO7. The largest absolute Gasteiger partial charge is 0.544 e. The fourth-order valence-corrected chi connectivity index (χ4v) is 5.27. The predicted molar refractivity (Wildman–Crippen MR) is 212 cm³/mol. The number of hydrogen-bond donors (Lipinski definition) is 0. The van der Waals surface area contributed by atoms with Gasteiger partial charge in [-0.05, 0) is 77.0 Å². The van der Waals surface area contributed by atoms with Crippen LogP contribution in [0, 0.1) is 0 Å². The molecule has 0 rings (SSSR count). The van der Waals surface area contributed by atoms with Crippen LogP contribution in [0.5, 0.6) is 0 Å². The molecule has 0 radical (unpaired) electrons. The fourth-order valence-electron chi connectivity index (χ4n) is 5.27. The van der Waals surface area contributed by atoms with E-state index in [0.717, 1.165) is 83.5 Å². The predicted octanol–water partition coefficient (Wildman–Crippen LogP) is 9.07. The van der Waals surface area contributed by atoms with E-state index in [1.165, 1.54) is 12.8 Å². The number of carbonyl (C=O) groups excluding carboxylic acids is 3. The Morgan fingerprint density at radius 1 is 0.577 bits per heavy atom. The van der Waals surface area contributed by atoms with Gasteiger partial charge < -0.3 is 28.6 Å². The van der Waals surface area contributed by atoms with Crippen LogP contribution in [0.4, 0.5) is 0 Å². The molecule has 0 spiro atoms. The van der Waals surface area contributed by atoms with Crippen LogP contribution >= 0.6 is 0 Å². The first-order valence-electron chi connectivity index (χ1n) is 20.0. The normalized spacial score (nSPS) is 13.8. The zero-order valence-corrected chi connectivity index (χ0v) is 33.4. The Morgan fingerprint density at radius 2 is 1.02 bits per heavy atom. The molecule has 0 aromatic heterocycles. The fraction of sp³-hybridized carbons (Fsp3) is 0.659. The van der Waals surface area contributed by atoms with E-state index in [-0.39, 0.29) is 49.1 Å². The Morgan fingerprint density at radius 3 is 1.54 bits per heavy atom. The van der Waals surface area contributed by atoms with Gasteiger partial charge in [-0.2, -0.15) is 0 Å². The molecule has 296 valence electrons. The number of unbranched alkanes of at least 4 members (excludes halogenated alkanes) is 8. The minimum atomic E-state index is -1.14. The third-order valence-electron chi connectivity index (χ3n) is 8.34. The van der Waals surface area contributed by atoms with E-state index in [2.05, 4.69) is 86.8 Å². The highest BCUT2D eigenvalue weighted by Crippen LogP contribution is 2.12. The molecule has 0 aliphatic carbocycles. The van der Waals surface area contributed by atoms with Gasteiger partial charge in [0.2, 0.25) is 0 Å². The first-order valence-corrected chi connectivity index (χ1v) is 20.0. The molecule has 0 N–H and O–H groups in total. The first-order chi connectivity index (χ1) is 25.1. The molecular weight excluding hydrogens is 654 g/mol. The molecule has 0 saturated carbocycles. The van der Waals surface area contributed by atoms with Gasteiger partial charge in [-0.25, -0.2) is 0 Å². The molecule has 2 unspecified atom stereocenters. The molecule has 0 amide bonds. The number of esters is 2. The van der Waals surface area contributed by atoms with Gasteiger partial charge in [0.05, 0.1) is 40.3 Å². The molecule has 2 atom stereocenters. The van der Waals surface area contributed by atoms with Crippen LogP contribution < -0.4 is 5.11 Å². The minimum Gasteiger partial charge on any atom is -0.544 e. The van der Waals surface area contributed by atoms with Gasteiger partial charge >= 0.3 is 11.9 Å². The lowest BCUT2D eigenvalue weighted by atomic mass is 10.1. The number of allylic oxidation sites excluding steroid dienone is 12. The second-order valence-corrected chi connectivity index (χ2v) is 14.1. The smallest absolute Gasteiger partial charge is 0.306 e. The van der Waals surface area contributed by atoms with Crippen molar-refractivity contribution in [1.29, 1.82) is 0 Å². The maximum absolute atomic E-state index is 12.6. The number of rotatable bonds is 34. The van der Waals surface area contributed by atoms with Crippen molar-refractivity contribution >= 4 is 17.9 Å². The summed E-state index contributed by atoms with van der Waals surface area (Å²) in [5.74, 6) is -1.81. The second-order valence-electron chi connectivity index (χ2n) is 14.1. The van der Waals surface area contributed by atoms with E-state index in [0.29, 0.717) is 12.8 Å². The number of carboxylic acids is 1. The van der Waals surface area contributed by atoms with Crippen LogP contribution in [0.3, 0.4) is 0 Å². The number of likely N-dealkylation sites (N-methyl/N-ethyl adjacent to an activating group) is 1. The molecule has 0 heterocycles. The average molecular weight is 728 g/mol. The van der Waals surface area contributed by atoms with Gasteiger partial charge in [0, 0.05) is 19.3 Å². The van der Waals surface area contributed by atoms with E-state index >= 15 is 0 Å². The first kappa shape index (κ1) is 48.8. The van der Waals surface area contributed by atoms with Crippen LogP contribution in [0.1, 0.15) is 136 Å². The Bertz CT molecular complexity index is 1080. The molecule has 0 aliphatic heterocycles. The SMILES string of the molecule is CC/C=C/C/C=C/C/C=C/C/C=C/CCCCCCCCC(=O)OCC(COCCC(C(=O)[O-])[N+](C)(C)C)OC(=O)CCCC/C=C/C/C=C/CC. The monoisotopic (exact) mass is 728 g/mol. The van der Waals surface area contributed by atoms with Crippen molar-refractivity contribution < 1.29 is 38.2 Å². The lowest BCUT2D eigenvalue weighted by Crippen LogP contribution is -2.55. The Labute approximate surface area is 317 Å². The number of aliphatic carboxylic acids is 1. The summed E-state index contributed by atoms with van der Waals surface area (Å²) in [6.07, 6.45) is 42.3. The maximum Gasteiger partial charge on any atom is 0.306 e. The van der Waals surface area contributed by atoms with Gasteiger partial charge in [-0.15, -0.1) is 0 Å². The van der Waals surface area contributed by atoms with Crippen molar-refractivity contribution in [1.82, 2.24) is 0 Å². The van der Waals surface area contributed by atoms with E-state index in [4.69, 9.17) is 14.2 Å². The van der Waals surface area contributed by atoms with Gasteiger partial charge in [-0.3, -0.25) is 9.59 Å². The number of quaternary nitrogens is 1. The molecule has 0 bridgehead atoms. The minimum absolute atomic E-state index is 0.0187. The summed E-state index contributed by atoms with van der Waals surface area (Å²) in [6, 6.07) is -0.735. The number of carbonyl (C=O) groups is 3. The lowest BCUT2D eigenvalue weighted by Gasteiger charge is -2.34. The molecule has 8 nitrogen and oxygen atoms in total. The third-order valence-corrected chi connectivity index (χ3v) is 8.34. The Kier molecular flexibility index (Phi) is 32.7. The van der Waals surface area contributed by atoms with Gasteiger partial charge in [-0.1, -0.05) is 112 Å². The molecule has 0 aliphatic rings. The molecule has 0 saturated heterocycles. The highest BCUT2D eigenvalue weighted by molar-refractivity contribution is 5.70. The van der Waals surface area contributed by atoms with Crippen molar-refractivity contribution in [2.45, 2.75) is 148 Å². The summed E-state index contributed by atoms with van der Waals surface area (Å²) < 4.78 is 17.0. The van der Waals surface area contributed by atoms with Gasteiger partial charge in [0.1, 0.15) is 12.6 Å². The van der Waals surface area contributed by atoms with Crippen molar-refractivity contribution in [3.05, 3.63) is 72.9 Å². The zero-order valence-electron chi connectivity index (χ0n) is 33.4. The Hall–Kier alpha value is -3.23. The van der Waals surface area contributed by atoms with Crippen LogP contribution in [-0.2, 0) is 28.6 Å². The topological polar surface area (TPSA) is 102 Å². The van der Waals surface area contributed by atoms with Gasteiger partial charge in [0.15, 0.2) is 6.10 Å². The van der Waals surface area contributed by atoms with Crippen molar-refractivity contribution in [3.63, 3.8) is 0 Å². The number of hydrogen-bond acceptors (Lipinski definition) is 7. The quantitative estimate of drug-likeness (QED) is 0.0282. The van der Waals surface area contributed by atoms with Crippen molar-refractivity contribution in [2.75, 3.05) is 41.0 Å². The van der Waals surface area contributed by atoms with E-state index in [1.54, 1.807) is 21.1 Å². The average Bonchev–Trinajstić information content (AvgIpc) is 3.09. The number of carboxylic acid groups (broad SMARTS) is 1. The van der Waals surface area contributed by atoms with Crippen molar-refractivity contribution in [3.8, 4) is 0 Å².